The predicted octanol–water partition coefficient (Wildman–Crippen LogP) is 3.22. The first-order valence-corrected chi connectivity index (χ1v) is 6.13. The zero-order valence-electron chi connectivity index (χ0n) is 8.85. The lowest BCUT2D eigenvalue weighted by Crippen LogP contribution is -2.09. The normalized spacial score (nSPS) is 9.94. The molecule has 5 heteroatoms. The smallest absolute Gasteiger partial charge is 0.104 e. The summed E-state index contributed by atoms with van der Waals surface area (Å²) in [6.45, 7) is 0. The van der Waals surface area contributed by atoms with E-state index in [0.717, 1.165) is 21.4 Å². The van der Waals surface area contributed by atoms with Crippen LogP contribution < -0.4 is 11.1 Å². The zero-order valence-corrected chi connectivity index (χ0v) is 11.3. The Labute approximate surface area is 113 Å². The molecule has 0 amide bonds. The number of halogens is 1. The van der Waals surface area contributed by atoms with E-state index >= 15 is 0 Å². The van der Waals surface area contributed by atoms with Crippen molar-refractivity contribution in [2.45, 2.75) is 0 Å². The second-order valence-electron chi connectivity index (χ2n) is 3.43. The van der Waals surface area contributed by atoms with E-state index in [0.29, 0.717) is 4.99 Å². The molecule has 0 aliphatic rings. The van der Waals surface area contributed by atoms with Crippen molar-refractivity contribution in [1.82, 2.24) is 4.98 Å². The molecule has 86 valence electrons. The summed E-state index contributed by atoms with van der Waals surface area (Å²) in [6.07, 6.45) is 3.49. The molecule has 1 aromatic heterocycles. The Morgan fingerprint density at radius 1 is 1.35 bits per heavy atom. The van der Waals surface area contributed by atoms with Crippen LogP contribution in [0.25, 0.3) is 0 Å². The second-order valence-corrected chi connectivity index (χ2v) is 4.72. The molecule has 1 heterocycles. The van der Waals surface area contributed by atoms with Gasteiger partial charge < -0.3 is 11.1 Å². The minimum atomic E-state index is 0.388. The molecular weight excluding hydrogens is 298 g/mol. The first-order chi connectivity index (χ1) is 8.16. The van der Waals surface area contributed by atoms with Crippen LogP contribution in [0.2, 0.25) is 0 Å². The van der Waals surface area contributed by atoms with Crippen LogP contribution in [0.5, 0.6) is 0 Å². The SMILES string of the molecule is NC(=S)c1ccc(Nc2cccnc2)c(Br)c1. The second kappa shape index (κ2) is 5.25. The van der Waals surface area contributed by atoms with Gasteiger partial charge in [-0.15, -0.1) is 0 Å². The molecule has 2 aromatic rings. The standard InChI is InChI=1S/C12H10BrN3S/c13-10-6-8(12(14)17)3-4-11(10)16-9-2-1-5-15-7-9/h1-7,16H,(H2,14,17). The number of hydrogen-bond acceptors (Lipinski definition) is 3. The van der Waals surface area contributed by atoms with Crippen molar-refractivity contribution < 1.29 is 0 Å². The van der Waals surface area contributed by atoms with Gasteiger partial charge in [0.05, 0.1) is 17.6 Å². The van der Waals surface area contributed by atoms with Crippen LogP contribution in [0.15, 0.2) is 47.2 Å². The van der Waals surface area contributed by atoms with Crippen LogP contribution in [0.3, 0.4) is 0 Å². The maximum Gasteiger partial charge on any atom is 0.104 e. The van der Waals surface area contributed by atoms with Gasteiger partial charge in [-0.25, -0.2) is 0 Å². The Morgan fingerprint density at radius 3 is 2.76 bits per heavy atom. The third kappa shape index (κ3) is 3.01. The number of aromatic nitrogens is 1. The number of rotatable bonds is 3. The van der Waals surface area contributed by atoms with Crippen LogP contribution >= 0.6 is 28.1 Å². The number of anilines is 2. The number of thiocarbonyl (C=S) groups is 1. The number of nitrogens with two attached hydrogens (primary N) is 1. The van der Waals surface area contributed by atoms with E-state index in [-0.39, 0.29) is 0 Å². The van der Waals surface area contributed by atoms with Crippen molar-refractivity contribution in [2.24, 2.45) is 5.73 Å². The lowest BCUT2D eigenvalue weighted by Gasteiger charge is -2.09. The van der Waals surface area contributed by atoms with Crippen molar-refractivity contribution in [3.05, 3.63) is 52.8 Å². The Kier molecular flexibility index (Phi) is 3.71. The molecule has 0 unspecified atom stereocenters. The van der Waals surface area contributed by atoms with Crippen molar-refractivity contribution in [1.29, 1.82) is 0 Å². The van der Waals surface area contributed by atoms with Gasteiger partial charge in [0.2, 0.25) is 0 Å². The molecule has 0 radical (unpaired) electrons. The maximum atomic E-state index is 5.57. The van der Waals surface area contributed by atoms with Crippen LogP contribution in [0.4, 0.5) is 11.4 Å². The molecule has 0 atom stereocenters. The van der Waals surface area contributed by atoms with E-state index in [1.165, 1.54) is 0 Å². The number of pyridine rings is 1. The summed E-state index contributed by atoms with van der Waals surface area (Å²) in [4.78, 5) is 4.43. The van der Waals surface area contributed by atoms with E-state index in [1.807, 2.05) is 30.3 Å². The summed E-state index contributed by atoms with van der Waals surface area (Å²) >= 11 is 8.40. The highest BCUT2D eigenvalue weighted by atomic mass is 79.9. The molecular formula is C12H10BrN3S. The van der Waals surface area contributed by atoms with Crippen molar-refractivity contribution >= 4 is 44.5 Å². The fourth-order valence-electron chi connectivity index (χ4n) is 1.36. The van der Waals surface area contributed by atoms with Gasteiger partial charge in [-0.3, -0.25) is 4.98 Å². The average Bonchev–Trinajstić information content (AvgIpc) is 2.33. The van der Waals surface area contributed by atoms with Crippen molar-refractivity contribution in [2.75, 3.05) is 5.32 Å². The number of benzene rings is 1. The van der Waals surface area contributed by atoms with Gasteiger partial charge in [0.1, 0.15) is 4.99 Å². The van der Waals surface area contributed by atoms with Gasteiger partial charge in [0.15, 0.2) is 0 Å². The highest BCUT2D eigenvalue weighted by Gasteiger charge is 2.03. The molecule has 0 aliphatic heterocycles. The van der Waals surface area contributed by atoms with Gasteiger partial charge >= 0.3 is 0 Å². The summed E-state index contributed by atoms with van der Waals surface area (Å²) in [5.74, 6) is 0. The summed E-state index contributed by atoms with van der Waals surface area (Å²) in [5, 5.41) is 3.24. The maximum absolute atomic E-state index is 5.57. The number of nitrogens with one attached hydrogen (secondary N) is 1. The quantitative estimate of drug-likeness (QED) is 0.855. The number of nitrogens with zero attached hydrogens (tertiary/aromatic N) is 1. The van der Waals surface area contributed by atoms with Gasteiger partial charge in [0.25, 0.3) is 0 Å². The lowest BCUT2D eigenvalue weighted by atomic mass is 10.2. The lowest BCUT2D eigenvalue weighted by molar-refractivity contribution is 1.32. The molecule has 0 bridgehead atoms. The average molecular weight is 308 g/mol. The molecule has 0 saturated heterocycles. The minimum absolute atomic E-state index is 0.388. The van der Waals surface area contributed by atoms with E-state index in [1.54, 1.807) is 12.4 Å². The fraction of sp³-hybridized carbons (Fsp3) is 0. The van der Waals surface area contributed by atoms with Gasteiger partial charge in [-0.1, -0.05) is 12.2 Å². The first-order valence-electron chi connectivity index (χ1n) is 4.93. The van der Waals surface area contributed by atoms with Crippen molar-refractivity contribution in [3.63, 3.8) is 0 Å². The van der Waals surface area contributed by atoms with Crippen LogP contribution in [-0.4, -0.2) is 9.97 Å². The Hall–Kier alpha value is -1.46. The highest BCUT2D eigenvalue weighted by molar-refractivity contribution is 9.10. The Morgan fingerprint density at radius 2 is 2.18 bits per heavy atom. The van der Waals surface area contributed by atoms with Crippen LogP contribution in [0.1, 0.15) is 5.56 Å². The predicted molar refractivity (Wildman–Crippen MR) is 77.5 cm³/mol. The van der Waals surface area contributed by atoms with E-state index in [2.05, 4.69) is 26.2 Å². The van der Waals surface area contributed by atoms with E-state index in [4.69, 9.17) is 18.0 Å². The largest absolute Gasteiger partial charge is 0.389 e. The van der Waals surface area contributed by atoms with Gasteiger partial charge in [0, 0.05) is 16.2 Å². The summed E-state index contributed by atoms with van der Waals surface area (Å²) in [5.41, 5.74) is 8.27. The first kappa shape index (κ1) is 12.0. The molecule has 0 fully saturated rings. The van der Waals surface area contributed by atoms with Crippen LogP contribution in [-0.2, 0) is 0 Å². The highest BCUT2D eigenvalue weighted by Crippen LogP contribution is 2.26. The summed E-state index contributed by atoms with van der Waals surface area (Å²) < 4.78 is 0.909. The third-order valence-corrected chi connectivity index (χ3v) is 3.09. The Balaban J connectivity index is 2.26. The molecule has 17 heavy (non-hydrogen) atoms. The molecule has 0 saturated carbocycles. The fourth-order valence-corrected chi connectivity index (χ4v) is 1.97. The van der Waals surface area contributed by atoms with E-state index < -0.39 is 0 Å². The summed E-state index contributed by atoms with van der Waals surface area (Å²) in [7, 11) is 0. The molecule has 1 aromatic carbocycles. The monoisotopic (exact) mass is 307 g/mol. The van der Waals surface area contributed by atoms with Gasteiger partial charge in [-0.2, -0.15) is 0 Å². The zero-order chi connectivity index (χ0) is 12.3. The molecule has 0 aliphatic carbocycles. The van der Waals surface area contributed by atoms with Crippen LogP contribution in [0, 0.1) is 0 Å². The molecule has 0 spiro atoms. The third-order valence-electron chi connectivity index (χ3n) is 2.19. The molecule has 3 N–H and O–H groups in total. The molecule has 3 nitrogen and oxygen atoms in total. The topological polar surface area (TPSA) is 50.9 Å². The number of hydrogen-bond donors (Lipinski definition) is 2. The Bertz CT molecular complexity index is 543. The summed E-state index contributed by atoms with van der Waals surface area (Å²) in [6, 6.07) is 9.51. The van der Waals surface area contributed by atoms with Gasteiger partial charge in [-0.05, 0) is 46.3 Å². The van der Waals surface area contributed by atoms with E-state index in [9.17, 15) is 0 Å². The van der Waals surface area contributed by atoms with Crippen molar-refractivity contribution in [3.8, 4) is 0 Å². The minimum Gasteiger partial charge on any atom is -0.389 e. The molecule has 2 rings (SSSR count).